The van der Waals surface area contributed by atoms with Crippen LogP contribution >= 0.6 is 0 Å². The summed E-state index contributed by atoms with van der Waals surface area (Å²) < 4.78 is 15.1. The Morgan fingerprint density at radius 2 is 1.74 bits per heavy atom. The summed E-state index contributed by atoms with van der Waals surface area (Å²) in [6.07, 6.45) is -0.104. The molecule has 0 aliphatic rings. The standard InChI is InChI=1S/C17H25NO5/c1-17(2,3)23-16(20)18-11-13(15(19)22-5)10-12-6-8-14(21-4)9-7-12/h6-9,13H,10-11H2,1-5H3,(H,18,20). The van der Waals surface area contributed by atoms with Crippen molar-refractivity contribution in [1.29, 1.82) is 0 Å². The molecule has 1 rings (SSSR count). The van der Waals surface area contributed by atoms with Gasteiger partial charge in [0.05, 0.1) is 20.1 Å². The first-order valence-corrected chi connectivity index (χ1v) is 7.42. The Labute approximate surface area is 137 Å². The second kappa shape index (κ2) is 8.41. The van der Waals surface area contributed by atoms with Crippen molar-refractivity contribution in [3.05, 3.63) is 29.8 Å². The smallest absolute Gasteiger partial charge is 0.407 e. The molecule has 1 unspecified atom stereocenters. The molecule has 6 nitrogen and oxygen atoms in total. The predicted octanol–water partition coefficient (Wildman–Crippen LogP) is 2.55. The fraction of sp³-hybridized carbons (Fsp3) is 0.529. The summed E-state index contributed by atoms with van der Waals surface area (Å²) in [5.74, 6) is -0.118. The number of methoxy groups -OCH3 is 2. The minimum absolute atomic E-state index is 0.146. The minimum Gasteiger partial charge on any atom is -0.497 e. The van der Waals surface area contributed by atoms with Crippen molar-refractivity contribution in [2.45, 2.75) is 32.8 Å². The Morgan fingerprint density at radius 1 is 1.13 bits per heavy atom. The number of carbonyl (C=O) groups is 2. The average molecular weight is 323 g/mol. The Bertz CT molecular complexity index is 519. The molecule has 1 aromatic rings. The van der Waals surface area contributed by atoms with Crippen molar-refractivity contribution in [2.24, 2.45) is 5.92 Å². The molecule has 0 fully saturated rings. The van der Waals surface area contributed by atoms with Crippen molar-refractivity contribution < 1.29 is 23.8 Å². The molecule has 0 spiro atoms. The maximum atomic E-state index is 11.9. The van der Waals surface area contributed by atoms with Crippen LogP contribution in [-0.4, -0.2) is 38.4 Å². The maximum Gasteiger partial charge on any atom is 0.407 e. The second-order valence-electron chi connectivity index (χ2n) is 6.16. The summed E-state index contributed by atoms with van der Waals surface area (Å²) in [6, 6.07) is 7.40. The molecule has 0 aromatic heterocycles. The average Bonchev–Trinajstić information content (AvgIpc) is 2.49. The molecule has 0 saturated heterocycles. The van der Waals surface area contributed by atoms with Gasteiger partial charge in [0.2, 0.25) is 0 Å². The normalized spacial score (nSPS) is 12.2. The van der Waals surface area contributed by atoms with Crippen molar-refractivity contribution in [2.75, 3.05) is 20.8 Å². The van der Waals surface area contributed by atoms with Crippen LogP contribution in [0.1, 0.15) is 26.3 Å². The lowest BCUT2D eigenvalue weighted by atomic mass is 9.99. The van der Waals surface area contributed by atoms with Crippen LogP contribution in [0.15, 0.2) is 24.3 Å². The molecule has 0 heterocycles. The molecule has 0 aliphatic carbocycles. The highest BCUT2D eigenvalue weighted by Gasteiger charge is 2.22. The number of benzene rings is 1. The lowest BCUT2D eigenvalue weighted by Gasteiger charge is -2.21. The largest absolute Gasteiger partial charge is 0.497 e. The third-order valence-electron chi connectivity index (χ3n) is 3.07. The van der Waals surface area contributed by atoms with Gasteiger partial charge in [-0.2, -0.15) is 0 Å². The van der Waals surface area contributed by atoms with E-state index in [1.54, 1.807) is 27.9 Å². The van der Waals surface area contributed by atoms with E-state index in [0.29, 0.717) is 6.42 Å². The summed E-state index contributed by atoms with van der Waals surface area (Å²) in [5, 5.41) is 2.61. The molecule has 0 saturated carbocycles. The molecule has 1 N–H and O–H groups in total. The van der Waals surface area contributed by atoms with Crippen LogP contribution in [0.5, 0.6) is 5.75 Å². The Morgan fingerprint density at radius 3 is 2.22 bits per heavy atom. The van der Waals surface area contributed by atoms with E-state index in [1.165, 1.54) is 7.11 Å². The van der Waals surface area contributed by atoms with Gasteiger partial charge in [0.25, 0.3) is 0 Å². The van der Waals surface area contributed by atoms with E-state index in [1.807, 2.05) is 24.3 Å². The fourth-order valence-electron chi connectivity index (χ4n) is 1.97. The van der Waals surface area contributed by atoms with Crippen LogP contribution in [0.25, 0.3) is 0 Å². The van der Waals surface area contributed by atoms with E-state index in [4.69, 9.17) is 14.2 Å². The van der Waals surface area contributed by atoms with Gasteiger partial charge in [-0.25, -0.2) is 4.79 Å². The number of hydrogen-bond acceptors (Lipinski definition) is 5. The molecule has 1 amide bonds. The monoisotopic (exact) mass is 323 g/mol. The van der Waals surface area contributed by atoms with E-state index in [-0.39, 0.29) is 12.5 Å². The van der Waals surface area contributed by atoms with Crippen LogP contribution in [0.3, 0.4) is 0 Å². The maximum absolute atomic E-state index is 11.9. The van der Waals surface area contributed by atoms with Gasteiger partial charge in [0.1, 0.15) is 11.4 Å². The lowest BCUT2D eigenvalue weighted by molar-refractivity contribution is -0.145. The molecule has 23 heavy (non-hydrogen) atoms. The van der Waals surface area contributed by atoms with E-state index < -0.39 is 17.6 Å². The zero-order chi connectivity index (χ0) is 17.5. The summed E-state index contributed by atoms with van der Waals surface area (Å²) in [5.41, 5.74) is 0.369. The first-order chi connectivity index (χ1) is 10.7. The fourth-order valence-corrected chi connectivity index (χ4v) is 1.97. The van der Waals surface area contributed by atoms with Gasteiger partial charge in [-0.05, 0) is 44.9 Å². The Balaban J connectivity index is 2.65. The predicted molar refractivity (Wildman–Crippen MR) is 86.4 cm³/mol. The lowest BCUT2D eigenvalue weighted by Crippen LogP contribution is -2.38. The van der Waals surface area contributed by atoms with E-state index in [0.717, 1.165) is 11.3 Å². The molecule has 128 valence electrons. The van der Waals surface area contributed by atoms with Gasteiger partial charge >= 0.3 is 12.1 Å². The van der Waals surface area contributed by atoms with Crippen molar-refractivity contribution in [3.8, 4) is 5.75 Å². The van der Waals surface area contributed by atoms with Gasteiger partial charge in [-0.15, -0.1) is 0 Å². The van der Waals surface area contributed by atoms with Gasteiger partial charge in [0.15, 0.2) is 0 Å². The highest BCUT2D eigenvalue weighted by atomic mass is 16.6. The molecular formula is C17H25NO5. The first kappa shape index (κ1) is 18.8. The van der Waals surface area contributed by atoms with Gasteiger partial charge in [-0.3, -0.25) is 4.79 Å². The van der Waals surface area contributed by atoms with Gasteiger partial charge in [0, 0.05) is 6.54 Å². The molecule has 0 aliphatic heterocycles. The van der Waals surface area contributed by atoms with Crippen LogP contribution in [0, 0.1) is 5.92 Å². The number of amides is 1. The van der Waals surface area contributed by atoms with Crippen LogP contribution in [-0.2, 0) is 20.7 Å². The van der Waals surface area contributed by atoms with Crippen LogP contribution < -0.4 is 10.1 Å². The SMILES string of the molecule is COC(=O)C(CNC(=O)OC(C)(C)C)Cc1ccc(OC)cc1. The zero-order valence-electron chi connectivity index (χ0n) is 14.3. The third-order valence-corrected chi connectivity index (χ3v) is 3.07. The second-order valence-corrected chi connectivity index (χ2v) is 6.16. The number of hydrogen-bond donors (Lipinski definition) is 1. The number of nitrogens with one attached hydrogen (secondary N) is 1. The summed E-state index contributed by atoms with van der Waals surface area (Å²) in [7, 11) is 2.92. The summed E-state index contributed by atoms with van der Waals surface area (Å²) in [4.78, 5) is 23.6. The minimum atomic E-state index is -0.583. The van der Waals surface area contributed by atoms with Crippen molar-refractivity contribution in [1.82, 2.24) is 5.32 Å². The third kappa shape index (κ3) is 7.04. The number of ether oxygens (including phenoxy) is 3. The van der Waals surface area contributed by atoms with Crippen molar-refractivity contribution >= 4 is 12.1 Å². The van der Waals surface area contributed by atoms with E-state index in [9.17, 15) is 9.59 Å². The topological polar surface area (TPSA) is 73.9 Å². The van der Waals surface area contributed by atoms with Gasteiger partial charge < -0.3 is 19.5 Å². The Hall–Kier alpha value is -2.24. The van der Waals surface area contributed by atoms with E-state index in [2.05, 4.69) is 5.32 Å². The summed E-state index contributed by atoms with van der Waals surface area (Å²) >= 11 is 0. The van der Waals surface area contributed by atoms with E-state index >= 15 is 0 Å². The molecule has 0 radical (unpaired) electrons. The Kier molecular flexibility index (Phi) is 6.88. The number of carbonyl (C=O) groups excluding carboxylic acids is 2. The van der Waals surface area contributed by atoms with Crippen LogP contribution in [0.4, 0.5) is 4.79 Å². The quantitative estimate of drug-likeness (QED) is 0.814. The zero-order valence-corrected chi connectivity index (χ0v) is 14.3. The highest BCUT2D eigenvalue weighted by Crippen LogP contribution is 2.15. The first-order valence-electron chi connectivity index (χ1n) is 7.42. The number of esters is 1. The number of alkyl carbamates (subject to hydrolysis) is 1. The molecule has 1 atom stereocenters. The molecule has 0 bridgehead atoms. The summed E-state index contributed by atoms with van der Waals surface area (Å²) in [6.45, 7) is 5.48. The highest BCUT2D eigenvalue weighted by molar-refractivity contribution is 5.74. The van der Waals surface area contributed by atoms with Gasteiger partial charge in [-0.1, -0.05) is 12.1 Å². The van der Waals surface area contributed by atoms with Crippen LogP contribution in [0.2, 0.25) is 0 Å². The molecule has 1 aromatic carbocycles. The van der Waals surface area contributed by atoms with Crippen molar-refractivity contribution in [3.63, 3.8) is 0 Å². The molecule has 6 heteroatoms. The number of rotatable bonds is 6. The molecular weight excluding hydrogens is 298 g/mol.